The molecule has 0 radical (unpaired) electrons. The molecule has 188 valence electrons. The predicted molar refractivity (Wildman–Crippen MR) is 143 cm³/mol. The second kappa shape index (κ2) is 13.0. The lowest BCUT2D eigenvalue weighted by Gasteiger charge is -2.25. The summed E-state index contributed by atoms with van der Waals surface area (Å²) in [4.78, 5) is 25.2. The topological polar surface area (TPSA) is 96.2 Å². The predicted octanol–water partition coefficient (Wildman–Crippen LogP) is 3.26. The van der Waals surface area contributed by atoms with Gasteiger partial charge in [0.25, 0.3) is 0 Å². The van der Waals surface area contributed by atoms with E-state index >= 15 is 0 Å². The summed E-state index contributed by atoms with van der Waals surface area (Å²) in [5, 5.41) is 9.38. The number of nitrogens with two attached hydrogens (primary N) is 1. The maximum Gasteiger partial charge on any atom is 0.237 e. The highest BCUT2D eigenvalue weighted by Crippen LogP contribution is 2.23. The average molecular weight is 485 g/mol. The minimum Gasteiger partial charge on any atom is -0.355 e. The Hall–Kier alpha value is -3.48. The molecule has 0 bridgehead atoms. The van der Waals surface area contributed by atoms with E-state index in [2.05, 4.69) is 52.3 Å². The maximum atomic E-state index is 12.7. The van der Waals surface area contributed by atoms with Crippen molar-refractivity contribution in [3.63, 3.8) is 0 Å². The minimum absolute atomic E-state index is 0.0272. The fourth-order valence-corrected chi connectivity index (χ4v) is 4.73. The van der Waals surface area contributed by atoms with Crippen molar-refractivity contribution in [3.05, 3.63) is 107 Å². The molecule has 2 amide bonds. The molecule has 6 heteroatoms. The minimum atomic E-state index is -0.565. The van der Waals surface area contributed by atoms with E-state index in [-0.39, 0.29) is 23.8 Å². The summed E-state index contributed by atoms with van der Waals surface area (Å²) < 4.78 is 0. The number of benzene rings is 3. The van der Waals surface area contributed by atoms with Gasteiger partial charge in [0.1, 0.15) is 0 Å². The summed E-state index contributed by atoms with van der Waals surface area (Å²) in [5.41, 5.74) is 11.0. The van der Waals surface area contributed by atoms with Gasteiger partial charge in [0.2, 0.25) is 11.8 Å². The van der Waals surface area contributed by atoms with E-state index in [9.17, 15) is 9.59 Å². The van der Waals surface area contributed by atoms with Crippen LogP contribution in [0, 0.1) is 0 Å². The van der Waals surface area contributed by atoms with Crippen molar-refractivity contribution in [3.8, 4) is 0 Å². The van der Waals surface area contributed by atoms with E-state index in [0.29, 0.717) is 32.5 Å². The molecule has 6 nitrogen and oxygen atoms in total. The monoisotopic (exact) mass is 484 g/mol. The molecule has 5 N–H and O–H groups in total. The molecule has 4 rings (SSSR count). The van der Waals surface area contributed by atoms with Crippen LogP contribution in [0.3, 0.4) is 0 Å². The summed E-state index contributed by atoms with van der Waals surface area (Å²) >= 11 is 0. The normalized spacial score (nSPS) is 15.7. The smallest absolute Gasteiger partial charge is 0.237 e. The Kier molecular flexibility index (Phi) is 9.25. The van der Waals surface area contributed by atoms with Crippen LogP contribution in [0.15, 0.2) is 84.9 Å². The van der Waals surface area contributed by atoms with Crippen molar-refractivity contribution in [2.24, 2.45) is 5.73 Å². The Morgan fingerprint density at radius 1 is 0.833 bits per heavy atom. The van der Waals surface area contributed by atoms with Crippen LogP contribution in [0.4, 0.5) is 0 Å². The van der Waals surface area contributed by atoms with E-state index in [1.807, 2.05) is 48.5 Å². The first-order valence-corrected chi connectivity index (χ1v) is 12.8. The molecule has 1 aliphatic rings. The van der Waals surface area contributed by atoms with Crippen LogP contribution >= 0.6 is 0 Å². The van der Waals surface area contributed by atoms with Gasteiger partial charge >= 0.3 is 0 Å². The number of unbranched alkanes of at least 4 members (excludes halogenated alkanes) is 1. The zero-order chi connectivity index (χ0) is 25.2. The molecule has 0 saturated carbocycles. The number of hydrogen-bond donors (Lipinski definition) is 4. The van der Waals surface area contributed by atoms with Crippen LogP contribution in [0.1, 0.15) is 47.4 Å². The van der Waals surface area contributed by atoms with E-state index in [1.54, 1.807) is 0 Å². The van der Waals surface area contributed by atoms with Gasteiger partial charge in [-0.05, 0) is 47.9 Å². The lowest BCUT2D eigenvalue weighted by atomic mass is 9.91. The second-order valence-electron chi connectivity index (χ2n) is 9.42. The molecule has 1 heterocycles. The van der Waals surface area contributed by atoms with Crippen LogP contribution in [0.2, 0.25) is 0 Å². The molecule has 2 unspecified atom stereocenters. The number of rotatable bonds is 11. The molecule has 0 saturated heterocycles. The van der Waals surface area contributed by atoms with Crippen LogP contribution in [0.25, 0.3) is 0 Å². The van der Waals surface area contributed by atoms with Crippen molar-refractivity contribution in [2.45, 2.75) is 50.2 Å². The highest BCUT2D eigenvalue weighted by molar-refractivity contribution is 5.82. The Labute approximate surface area is 213 Å². The number of carbonyl (C=O) groups is 2. The molecule has 0 fully saturated rings. The number of nitrogens with one attached hydrogen (secondary N) is 3. The molecule has 0 aromatic heterocycles. The lowest BCUT2D eigenvalue weighted by molar-refractivity contribution is -0.124. The highest BCUT2D eigenvalue weighted by atomic mass is 16.2. The largest absolute Gasteiger partial charge is 0.355 e. The Balaban J connectivity index is 1.16. The van der Waals surface area contributed by atoms with E-state index in [0.717, 1.165) is 24.0 Å². The summed E-state index contributed by atoms with van der Waals surface area (Å²) in [6.45, 7) is 1.79. The third-order valence-corrected chi connectivity index (χ3v) is 6.86. The average Bonchev–Trinajstić information content (AvgIpc) is 2.93. The van der Waals surface area contributed by atoms with E-state index in [4.69, 9.17) is 5.73 Å². The first-order valence-electron chi connectivity index (χ1n) is 12.8. The molecule has 0 spiro atoms. The van der Waals surface area contributed by atoms with Crippen molar-refractivity contribution >= 4 is 11.8 Å². The quantitative estimate of drug-likeness (QED) is 0.314. The van der Waals surface area contributed by atoms with Crippen molar-refractivity contribution in [2.75, 3.05) is 13.1 Å². The van der Waals surface area contributed by atoms with Crippen LogP contribution in [-0.2, 0) is 22.6 Å². The Morgan fingerprint density at radius 2 is 1.44 bits per heavy atom. The van der Waals surface area contributed by atoms with E-state index < -0.39 is 6.04 Å². The van der Waals surface area contributed by atoms with Crippen molar-refractivity contribution < 1.29 is 9.59 Å². The zero-order valence-corrected chi connectivity index (χ0v) is 20.7. The Bertz CT molecular complexity index is 1080. The van der Waals surface area contributed by atoms with Gasteiger partial charge in [0, 0.05) is 25.6 Å². The summed E-state index contributed by atoms with van der Waals surface area (Å²) in [6.07, 6.45) is 2.85. The molecule has 1 aliphatic heterocycles. The number of amides is 2. The molecule has 2 atom stereocenters. The number of hydrogen-bond acceptors (Lipinski definition) is 4. The van der Waals surface area contributed by atoms with Gasteiger partial charge in [0.15, 0.2) is 0 Å². The number of carbonyl (C=O) groups excluding carboxylic acids is 2. The van der Waals surface area contributed by atoms with Gasteiger partial charge in [-0.1, -0.05) is 84.9 Å². The van der Waals surface area contributed by atoms with Crippen molar-refractivity contribution in [1.29, 1.82) is 0 Å². The number of fused-ring (bicyclic) bond motifs is 1. The maximum absolute atomic E-state index is 12.7. The molecular weight excluding hydrogens is 448 g/mol. The SMILES string of the molecule is NC(CCCCNC(=O)C1Cc2ccccc2CN1)C(=O)NCC(c1ccccc1)c1ccccc1. The van der Waals surface area contributed by atoms with Gasteiger partial charge in [0.05, 0.1) is 12.1 Å². The van der Waals surface area contributed by atoms with Crippen molar-refractivity contribution in [1.82, 2.24) is 16.0 Å². The molecule has 0 aliphatic carbocycles. The van der Waals surface area contributed by atoms with Gasteiger partial charge in [-0.2, -0.15) is 0 Å². The van der Waals surface area contributed by atoms with E-state index in [1.165, 1.54) is 11.1 Å². The lowest BCUT2D eigenvalue weighted by Crippen LogP contribution is -2.47. The standard InChI is InChI=1S/C30H36N4O2/c31-27(17-9-10-18-32-30(36)28-19-24-15-7-8-16-25(24)20-33-28)29(35)34-21-26(22-11-3-1-4-12-22)23-13-5-2-6-14-23/h1-8,11-16,26-28,33H,9-10,17-21,31H2,(H,32,36)(H,34,35). The van der Waals surface area contributed by atoms with Gasteiger partial charge in [-0.25, -0.2) is 0 Å². The first-order chi connectivity index (χ1) is 17.6. The van der Waals surface area contributed by atoms with Crippen LogP contribution in [0.5, 0.6) is 0 Å². The molecule has 36 heavy (non-hydrogen) atoms. The highest BCUT2D eigenvalue weighted by Gasteiger charge is 2.23. The third kappa shape index (κ3) is 7.03. The molecule has 3 aromatic rings. The second-order valence-corrected chi connectivity index (χ2v) is 9.42. The molecule has 3 aromatic carbocycles. The van der Waals surface area contributed by atoms with Crippen LogP contribution in [-0.4, -0.2) is 37.0 Å². The van der Waals surface area contributed by atoms with Gasteiger partial charge in [-0.15, -0.1) is 0 Å². The molecular formula is C30H36N4O2. The zero-order valence-electron chi connectivity index (χ0n) is 20.7. The summed E-state index contributed by atoms with van der Waals surface area (Å²) in [6, 6.07) is 27.8. The fraction of sp³-hybridized carbons (Fsp3) is 0.333. The van der Waals surface area contributed by atoms with Gasteiger partial charge in [-0.3, -0.25) is 9.59 Å². The first kappa shape index (κ1) is 25.6. The fourth-order valence-electron chi connectivity index (χ4n) is 4.73. The summed E-state index contributed by atoms with van der Waals surface area (Å²) in [5.74, 6) is -0.0421. The van der Waals surface area contributed by atoms with Crippen LogP contribution < -0.4 is 21.7 Å². The Morgan fingerprint density at radius 3 is 2.11 bits per heavy atom. The van der Waals surface area contributed by atoms with Gasteiger partial charge < -0.3 is 21.7 Å². The summed E-state index contributed by atoms with van der Waals surface area (Å²) in [7, 11) is 0. The third-order valence-electron chi connectivity index (χ3n) is 6.86.